The van der Waals surface area contributed by atoms with Crippen LogP contribution in [0.2, 0.25) is 0 Å². The number of allylic oxidation sites excluding steroid dienone is 2. The van der Waals surface area contributed by atoms with Gasteiger partial charge in [0, 0.05) is 0 Å². The van der Waals surface area contributed by atoms with E-state index in [1.807, 2.05) is 0 Å². The summed E-state index contributed by atoms with van der Waals surface area (Å²) in [7, 11) is -1.28. The molecule has 0 aromatic rings. The largest absolute Gasteiger partial charge is 1.00 e. The van der Waals surface area contributed by atoms with Crippen molar-refractivity contribution in [3.05, 3.63) is 20.2 Å². The fourth-order valence-electron chi connectivity index (χ4n) is 1.02. The molecule has 4 nitrogen and oxygen atoms in total. The zero-order valence-electron chi connectivity index (χ0n) is 8.00. The van der Waals surface area contributed by atoms with Crippen molar-refractivity contribution < 1.29 is 80.6 Å². The number of methoxy groups -OCH3 is 1. The van der Waals surface area contributed by atoms with Crippen LogP contribution in [0.5, 0.6) is 0 Å². The van der Waals surface area contributed by atoms with Crippen molar-refractivity contribution in [2.45, 2.75) is 6.42 Å². The molecule has 0 spiro atoms. The second-order valence-corrected chi connectivity index (χ2v) is 4.68. The van der Waals surface area contributed by atoms with E-state index in [0.717, 1.165) is 24.7 Å². The predicted molar refractivity (Wildman–Crippen MR) is 40.0 cm³/mol. The van der Waals surface area contributed by atoms with Crippen LogP contribution in [0.4, 0.5) is 0 Å². The molecule has 0 aromatic carbocycles. The van der Waals surface area contributed by atoms with Crippen LogP contribution < -0.4 is 37.2 Å². The van der Waals surface area contributed by atoms with E-state index < -0.39 is 13.6 Å². The quantitative estimate of drug-likeness (QED) is 0.352. The van der Waals surface area contributed by atoms with Crippen molar-refractivity contribution in [1.29, 1.82) is 0 Å². The van der Waals surface area contributed by atoms with Crippen molar-refractivity contribution in [2.75, 3.05) is 7.11 Å². The molecule has 1 rings (SSSR count). The molecular weight excluding hydrogens is 377 g/mol. The molecule has 1 aliphatic rings. The van der Waals surface area contributed by atoms with Crippen molar-refractivity contribution >= 4 is 13.6 Å². The number of hydrogen-bond acceptors (Lipinski definition) is 4. The number of halogens is 3. The first-order valence-corrected chi connectivity index (χ1v) is 5.86. The summed E-state index contributed by atoms with van der Waals surface area (Å²) < 4.78 is 26.5. The molecule has 0 atom stereocenters. The molecule has 9 heteroatoms. The number of carbonyl (C=O) groups excluding carboxylic acids is 1. The van der Waals surface area contributed by atoms with Gasteiger partial charge in [0.15, 0.2) is 0 Å². The minimum absolute atomic E-state index is 0. The summed E-state index contributed by atoms with van der Waals surface area (Å²) in [6, 6.07) is 0. The summed E-state index contributed by atoms with van der Waals surface area (Å²) in [5.41, 5.74) is 0.398. The van der Waals surface area contributed by atoms with Crippen LogP contribution in [0.1, 0.15) is 6.42 Å². The van der Waals surface area contributed by atoms with Gasteiger partial charge in [-0.2, -0.15) is 0 Å². The molecule has 0 saturated heterocycles. The maximum atomic E-state index is 11.1. The van der Waals surface area contributed by atoms with Crippen molar-refractivity contribution in [3.8, 4) is 0 Å². The van der Waals surface area contributed by atoms with E-state index in [-0.39, 0.29) is 37.2 Å². The summed E-state index contributed by atoms with van der Waals surface area (Å²) in [4.78, 5) is 11.1. The van der Waals surface area contributed by atoms with Gasteiger partial charge in [-0.05, 0) is 0 Å². The summed E-state index contributed by atoms with van der Waals surface area (Å²) in [5.74, 6) is -0.460. The Morgan fingerprint density at radius 3 is 2.19 bits per heavy atom. The molecule has 16 heavy (non-hydrogen) atoms. The van der Waals surface area contributed by atoms with Crippen LogP contribution in [0.3, 0.4) is 0 Å². The number of esters is 1. The van der Waals surface area contributed by atoms with E-state index in [9.17, 15) is 13.9 Å². The number of carbonyl (C=O) groups is 1. The fraction of sp³-hybridized carbons (Fsp3) is 0.286. The van der Waals surface area contributed by atoms with Gasteiger partial charge in [0.25, 0.3) is 0 Å². The third-order valence-electron chi connectivity index (χ3n) is 1.68. The summed E-state index contributed by atoms with van der Waals surface area (Å²) in [6.45, 7) is 0. The molecule has 0 saturated carbocycles. The number of hydrogen-bond donors (Lipinski definition) is 0. The SMILES string of the molecule is COC(=O)C1=CCC(P(=O)=O)=[C]1[Zr+3].[Cl-].[Cl-].[Cl-]. The van der Waals surface area contributed by atoms with Gasteiger partial charge in [-0.15, -0.1) is 0 Å². The van der Waals surface area contributed by atoms with Crippen LogP contribution >= 0.6 is 7.68 Å². The van der Waals surface area contributed by atoms with Gasteiger partial charge >= 0.3 is 90.8 Å². The Balaban J connectivity index is -0.000000563. The van der Waals surface area contributed by atoms with E-state index in [4.69, 9.17) is 0 Å². The third-order valence-corrected chi connectivity index (χ3v) is 4.45. The molecule has 0 unspecified atom stereocenters. The standard InChI is InChI=1S/C7H6O4P.3ClH.Zr/c1-11-7(8)5-2-3-6(4-5)12(9)10;;;;/h2H,3H2,1H3;3*1H;/q;;;;+3/p-3. The smallest absolute Gasteiger partial charge is 1.00 e. The molecule has 0 heterocycles. The fourth-order valence-corrected chi connectivity index (χ4v) is 2.99. The molecular formula is C7H6Cl3O4PZr. The Hall–Kier alpha value is 0.603. The summed E-state index contributed by atoms with van der Waals surface area (Å²) in [5, 5.41) is 0.341. The van der Waals surface area contributed by atoms with E-state index in [2.05, 4.69) is 4.74 Å². The monoisotopic (exact) mass is 380 g/mol. The molecule has 0 N–H and O–H groups in total. The molecule has 0 radical (unpaired) electrons. The number of rotatable bonds is 2. The maximum absolute atomic E-state index is 11.1. The molecule has 0 amide bonds. The topological polar surface area (TPSA) is 60.4 Å². The zero-order chi connectivity index (χ0) is 10.0. The van der Waals surface area contributed by atoms with E-state index in [0.29, 0.717) is 20.6 Å². The molecule has 0 fully saturated rings. The Morgan fingerprint density at radius 2 is 1.88 bits per heavy atom. The van der Waals surface area contributed by atoms with Crippen LogP contribution in [0.25, 0.3) is 0 Å². The first kappa shape index (κ1) is 21.8. The minimum Gasteiger partial charge on any atom is -1.00 e. The van der Waals surface area contributed by atoms with Crippen molar-refractivity contribution in [3.63, 3.8) is 0 Å². The van der Waals surface area contributed by atoms with Gasteiger partial charge in [0.2, 0.25) is 0 Å². The van der Waals surface area contributed by atoms with Gasteiger partial charge in [0.05, 0.1) is 0 Å². The molecule has 0 bridgehead atoms. The van der Waals surface area contributed by atoms with Crippen LogP contribution in [0, 0.1) is 0 Å². The number of ether oxygens (including phenoxy) is 1. The molecule has 88 valence electrons. The summed E-state index contributed by atoms with van der Waals surface area (Å²) >= 11 is 0.920. The van der Waals surface area contributed by atoms with E-state index in [1.54, 1.807) is 6.08 Å². The Labute approximate surface area is 127 Å². The first-order valence-electron chi connectivity index (χ1n) is 3.46. The van der Waals surface area contributed by atoms with Gasteiger partial charge in [-0.25, -0.2) is 0 Å². The van der Waals surface area contributed by atoms with Gasteiger partial charge < -0.3 is 37.2 Å². The molecule has 1 aliphatic carbocycles. The minimum atomic E-state index is -2.56. The average molecular weight is 383 g/mol. The van der Waals surface area contributed by atoms with Gasteiger partial charge in [-0.3, -0.25) is 0 Å². The summed E-state index contributed by atoms with van der Waals surface area (Å²) in [6.07, 6.45) is 1.92. The van der Waals surface area contributed by atoms with Crippen molar-refractivity contribution in [2.24, 2.45) is 0 Å². The van der Waals surface area contributed by atoms with Gasteiger partial charge in [0.1, 0.15) is 0 Å². The van der Waals surface area contributed by atoms with Crippen LogP contribution in [-0.2, 0) is 43.4 Å². The van der Waals surface area contributed by atoms with E-state index in [1.165, 1.54) is 7.11 Å². The predicted octanol–water partition coefficient (Wildman–Crippen LogP) is -7.57. The Kier molecular flexibility index (Phi) is 13.1. The van der Waals surface area contributed by atoms with Crippen molar-refractivity contribution in [1.82, 2.24) is 0 Å². The molecule has 0 aliphatic heterocycles. The second kappa shape index (κ2) is 9.61. The zero-order valence-corrected chi connectivity index (χ0v) is 13.6. The molecule has 0 aromatic heterocycles. The van der Waals surface area contributed by atoms with Gasteiger partial charge in [-0.1, -0.05) is 0 Å². The first-order chi connectivity index (χ1) is 6.07. The normalized spacial score (nSPS) is 12.8. The second-order valence-electron chi connectivity index (χ2n) is 2.39. The Bertz CT molecular complexity index is 381. The van der Waals surface area contributed by atoms with Crippen LogP contribution in [0.15, 0.2) is 20.2 Å². The maximum Gasteiger partial charge on any atom is -1.00 e. The Morgan fingerprint density at radius 1 is 1.38 bits per heavy atom. The third kappa shape index (κ3) is 4.85. The van der Waals surface area contributed by atoms with E-state index >= 15 is 0 Å². The average Bonchev–Trinajstić information content (AvgIpc) is 2.46. The van der Waals surface area contributed by atoms with Crippen LogP contribution in [-0.4, -0.2) is 13.1 Å².